The predicted octanol–water partition coefficient (Wildman–Crippen LogP) is 0.545. The molecule has 0 saturated carbocycles. The molecule has 0 bridgehead atoms. The lowest BCUT2D eigenvalue weighted by atomic mass is 10.3. The van der Waals surface area contributed by atoms with Gasteiger partial charge in [0.15, 0.2) is 11.5 Å². The third kappa shape index (κ3) is 4.10. The molecule has 8 heteroatoms. The van der Waals surface area contributed by atoms with E-state index in [1.165, 1.54) is 32.4 Å². The number of hydrogen-bond acceptors (Lipinski definition) is 6. The van der Waals surface area contributed by atoms with Crippen molar-refractivity contribution in [1.82, 2.24) is 4.72 Å². The van der Waals surface area contributed by atoms with Crippen molar-refractivity contribution in [3.8, 4) is 11.5 Å². The predicted molar refractivity (Wildman–Crippen MR) is 71.4 cm³/mol. The molecule has 0 aliphatic carbocycles. The minimum atomic E-state index is -3.82. The Labute approximate surface area is 117 Å². The number of hydrogen-bond donors (Lipinski definition) is 1. The quantitative estimate of drug-likeness (QED) is 0.740. The van der Waals surface area contributed by atoms with E-state index in [9.17, 15) is 13.2 Å². The first kappa shape index (κ1) is 16.3. The Hall–Kier alpha value is -1.80. The number of nitrogens with one attached hydrogen (secondary N) is 1. The molecule has 1 N–H and O–H groups in total. The van der Waals surface area contributed by atoms with E-state index in [0.29, 0.717) is 5.75 Å². The van der Waals surface area contributed by atoms with Gasteiger partial charge in [0.1, 0.15) is 6.54 Å². The van der Waals surface area contributed by atoms with E-state index in [4.69, 9.17) is 9.47 Å². The van der Waals surface area contributed by atoms with Gasteiger partial charge in [-0.05, 0) is 19.1 Å². The van der Waals surface area contributed by atoms with Crippen LogP contribution in [0.5, 0.6) is 11.5 Å². The maximum atomic E-state index is 12.0. The molecule has 20 heavy (non-hydrogen) atoms. The van der Waals surface area contributed by atoms with E-state index < -0.39 is 22.5 Å². The Kier molecular flexibility index (Phi) is 5.78. The number of carbonyl (C=O) groups is 1. The van der Waals surface area contributed by atoms with Gasteiger partial charge in [-0.15, -0.1) is 0 Å². The van der Waals surface area contributed by atoms with Crippen molar-refractivity contribution in [2.24, 2.45) is 0 Å². The first-order valence-corrected chi connectivity index (χ1v) is 7.30. The normalized spacial score (nSPS) is 10.9. The average Bonchev–Trinajstić information content (AvgIpc) is 2.44. The summed E-state index contributed by atoms with van der Waals surface area (Å²) in [4.78, 5) is 11.1. The summed E-state index contributed by atoms with van der Waals surface area (Å²) in [6.45, 7) is 1.40. The molecule has 112 valence electrons. The van der Waals surface area contributed by atoms with Crippen LogP contribution in [0.3, 0.4) is 0 Å². The van der Waals surface area contributed by atoms with Crippen molar-refractivity contribution < 1.29 is 27.4 Å². The van der Waals surface area contributed by atoms with Crippen LogP contribution in [0.4, 0.5) is 0 Å². The molecule has 0 aliphatic rings. The Morgan fingerprint density at radius 1 is 1.20 bits per heavy atom. The molecule has 0 spiro atoms. The van der Waals surface area contributed by atoms with Gasteiger partial charge in [-0.1, -0.05) is 0 Å². The van der Waals surface area contributed by atoms with Crippen LogP contribution < -0.4 is 14.2 Å². The minimum Gasteiger partial charge on any atom is -0.493 e. The summed E-state index contributed by atoms with van der Waals surface area (Å²) in [5.74, 6) is 0.0555. The summed E-state index contributed by atoms with van der Waals surface area (Å²) >= 11 is 0. The van der Waals surface area contributed by atoms with Gasteiger partial charge in [-0.3, -0.25) is 4.79 Å². The summed E-state index contributed by atoms with van der Waals surface area (Å²) in [7, 11) is -0.965. The Morgan fingerprint density at radius 3 is 2.40 bits per heavy atom. The number of carbonyl (C=O) groups excluding carboxylic acids is 1. The lowest BCUT2D eigenvalue weighted by molar-refractivity contribution is -0.141. The highest BCUT2D eigenvalue weighted by atomic mass is 32.2. The largest absolute Gasteiger partial charge is 0.493 e. The molecular formula is C12H17NO6S. The van der Waals surface area contributed by atoms with Gasteiger partial charge in [-0.2, -0.15) is 4.72 Å². The fourth-order valence-corrected chi connectivity index (χ4v) is 2.42. The standard InChI is InChI=1S/C12H17NO6S/c1-4-19-12(14)8-13-20(15,16)9-5-6-10(17-2)11(7-9)18-3/h5-7,13H,4,8H2,1-3H3. The van der Waals surface area contributed by atoms with Crippen LogP contribution in [-0.2, 0) is 19.6 Å². The van der Waals surface area contributed by atoms with Gasteiger partial charge >= 0.3 is 5.97 Å². The number of benzene rings is 1. The first-order valence-electron chi connectivity index (χ1n) is 5.82. The van der Waals surface area contributed by atoms with Crippen LogP contribution in [0.15, 0.2) is 23.1 Å². The molecule has 7 nitrogen and oxygen atoms in total. The summed E-state index contributed by atoms with van der Waals surface area (Å²) in [5, 5.41) is 0. The van der Waals surface area contributed by atoms with Crippen LogP contribution in [0, 0.1) is 0 Å². The highest BCUT2D eigenvalue weighted by Crippen LogP contribution is 2.29. The molecule has 0 radical (unpaired) electrons. The molecule has 1 aromatic rings. The summed E-state index contributed by atoms with van der Waals surface area (Å²) in [6, 6.07) is 4.14. The van der Waals surface area contributed by atoms with Crippen molar-refractivity contribution in [1.29, 1.82) is 0 Å². The lowest BCUT2D eigenvalue weighted by Crippen LogP contribution is -2.30. The SMILES string of the molecule is CCOC(=O)CNS(=O)(=O)c1ccc(OC)c(OC)c1. The zero-order chi connectivity index (χ0) is 15.2. The van der Waals surface area contributed by atoms with Gasteiger partial charge < -0.3 is 14.2 Å². The number of rotatable bonds is 7. The van der Waals surface area contributed by atoms with Crippen molar-refractivity contribution in [2.45, 2.75) is 11.8 Å². The fraction of sp³-hybridized carbons (Fsp3) is 0.417. The third-order valence-electron chi connectivity index (χ3n) is 2.38. The van der Waals surface area contributed by atoms with E-state index >= 15 is 0 Å². The molecule has 0 aliphatic heterocycles. The maximum absolute atomic E-state index is 12.0. The average molecular weight is 303 g/mol. The number of methoxy groups -OCH3 is 2. The van der Waals surface area contributed by atoms with Gasteiger partial charge in [0.25, 0.3) is 0 Å². The summed E-state index contributed by atoms with van der Waals surface area (Å²) in [5.41, 5.74) is 0. The second-order valence-electron chi connectivity index (χ2n) is 3.65. The van der Waals surface area contributed by atoms with Gasteiger partial charge in [0.2, 0.25) is 10.0 Å². The minimum absolute atomic E-state index is 0.0283. The molecule has 1 aromatic carbocycles. The number of sulfonamides is 1. The van der Waals surface area contributed by atoms with Crippen molar-refractivity contribution in [3.05, 3.63) is 18.2 Å². The lowest BCUT2D eigenvalue weighted by Gasteiger charge is -2.10. The second-order valence-corrected chi connectivity index (χ2v) is 5.41. The topological polar surface area (TPSA) is 90.9 Å². The van der Waals surface area contributed by atoms with Crippen molar-refractivity contribution in [2.75, 3.05) is 27.4 Å². The molecule has 0 unspecified atom stereocenters. The second kappa shape index (κ2) is 7.11. The van der Waals surface area contributed by atoms with E-state index in [2.05, 4.69) is 9.46 Å². The highest BCUT2D eigenvalue weighted by Gasteiger charge is 2.18. The van der Waals surface area contributed by atoms with Crippen molar-refractivity contribution in [3.63, 3.8) is 0 Å². The van der Waals surface area contributed by atoms with Crippen LogP contribution in [0.2, 0.25) is 0 Å². The van der Waals surface area contributed by atoms with Crippen LogP contribution in [-0.4, -0.2) is 41.8 Å². The molecule has 0 amide bonds. The van der Waals surface area contributed by atoms with Crippen molar-refractivity contribution >= 4 is 16.0 Å². The summed E-state index contributed by atoms with van der Waals surface area (Å²) < 4.78 is 40.8. The Bertz CT molecular complexity index is 569. The monoisotopic (exact) mass is 303 g/mol. The van der Waals surface area contributed by atoms with E-state index in [-0.39, 0.29) is 17.3 Å². The van der Waals surface area contributed by atoms with E-state index in [1.807, 2.05) is 0 Å². The molecule has 0 atom stereocenters. The Balaban J connectivity index is 2.90. The van der Waals surface area contributed by atoms with Gasteiger partial charge in [-0.25, -0.2) is 8.42 Å². The fourth-order valence-electron chi connectivity index (χ4n) is 1.43. The van der Waals surface area contributed by atoms with Gasteiger partial charge in [0.05, 0.1) is 25.7 Å². The third-order valence-corrected chi connectivity index (χ3v) is 3.78. The first-order chi connectivity index (χ1) is 9.44. The highest BCUT2D eigenvalue weighted by molar-refractivity contribution is 7.89. The molecule has 0 saturated heterocycles. The van der Waals surface area contributed by atoms with E-state index in [1.54, 1.807) is 6.92 Å². The van der Waals surface area contributed by atoms with Crippen LogP contribution in [0.1, 0.15) is 6.92 Å². The van der Waals surface area contributed by atoms with Crippen LogP contribution in [0.25, 0.3) is 0 Å². The number of esters is 1. The van der Waals surface area contributed by atoms with E-state index in [0.717, 1.165) is 0 Å². The maximum Gasteiger partial charge on any atom is 0.321 e. The molecular weight excluding hydrogens is 286 g/mol. The molecule has 1 rings (SSSR count). The Morgan fingerprint density at radius 2 is 1.85 bits per heavy atom. The van der Waals surface area contributed by atoms with Gasteiger partial charge in [0, 0.05) is 6.07 Å². The molecule has 0 fully saturated rings. The summed E-state index contributed by atoms with van der Waals surface area (Å²) in [6.07, 6.45) is 0. The molecule has 0 aromatic heterocycles. The van der Waals surface area contributed by atoms with Crippen LogP contribution >= 0.6 is 0 Å². The molecule has 0 heterocycles. The number of ether oxygens (including phenoxy) is 3. The smallest absolute Gasteiger partial charge is 0.321 e. The zero-order valence-corrected chi connectivity index (χ0v) is 12.3. The zero-order valence-electron chi connectivity index (χ0n) is 11.5.